The number of aliphatic hydroxyl groups excluding tert-OH is 1. The van der Waals surface area contributed by atoms with Crippen molar-refractivity contribution < 1.29 is 28.2 Å². The van der Waals surface area contributed by atoms with Crippen LogP contribution in [0.5, 0.6) is 5.75 Å². The van der Waals surface area contributed by atoms with Crippen LogP contribution < -0.4 is 15.4 Å². The minimum atomic E-state index is -1.09. The van der Waals surface area contributed by atoms with E-state index in [9.17, 15) is 23.5 Å². The number of nitrogens with zero attached hydrogens (tertiary/aromatic N) is 1. The third kappa shape index (κ3) is 10.1. The summed E-state index contributed by atoms with van der Waals surface area (Å²) in [6, 6.07) is 18.9. The number of nitrogens with one attached hydrogen (secondary N) is 2. The van der Waals surface area contributed by atoms with E-state index in [0.717, 1.165) is 36.5 Å². The summed E-state index contributed by atoms with van der Waals surface area (Å²) in [6.45, 7) is 3.13. The van der Waals surface area contributed by atoms with Crippen molar-refractivity contribution in [3.8, 4) is 5.75 Å². The molecule has 3 aromatic carbocycles. The molecule has 3 aromatic rings. The molecule has 1 aliphatic heterocycles. The molecule has 3 N–H and O–H groups in total. The van der Waals surface area contributed by atoms with E-state index < -0.39 is 29.8 Å². The zero-order valence-corrected chi connectivity index (χ0v) is 26.2. The van der Waals surface area contributed by atoms with Crippen LogP contribution in [0.2, 0.25) is 0 Å². The second-order valence-electron chi connectivity index (χ2n) is 11.8. The number of benzene rings is 3. The van der Waals surface area contributed by atoms with Crippen LogP contribution in [0.1, 0.15) is 55.7 Å². The van der Waals surface area contributed by atoms with Crippen molar-refractivity contribution in [3.63, 3.8) is 0 Å². The Kier molecular flexibility index (Phi) is 12.9. The molecule has 9 heteroatoms. The van der Waals surface area contributed by atoms with E-state index in [1.807, 2.05) is 54.6 Å². The number of carbonyl (C=O) groups is 2. The number of unbranched alkanes of at least 4 members (excludes halogenated alkanes) is 1. The number of rotatable bonds is 17. The van der Waals surface area contributed by atoms with Crippen molar-refractivity contribution >= 4 is 11.8 Å². The Morgan fingerprint density at radius 2 is 1.76 bits per heavy atom. The van der Waals surface area contributed by atoms with Crippen molar-refractivity contribution in [1.29, 1.82) is 0 Å². The van der Waals surface area contributed by atoms with Gasteiger partial charge in [0.15, 0.2) is 0 Å². The average Bonchev–Trinajstić information content (AvgIpc) is 3.39. The summed E-state index contributed by atoms with van der Waals surface area (Å²) in [4.78, 5) is 29.2. The molecule has 0 bridgehead atoms. The van der Waals surface area contributed by atoms with Crippen LogP contribution in [-0.2, 0) is 29.0 Å². The van der Waals surface area contributed by atoms with Crippen LogP contribution in [-0.4, -0.2) is 60.2 Å². The number of hydrogen-bond acceptors (Lipinski definition) is 5. The topological polar surface area (TPSA) is 90.9 Å². The number of aliphatic hydroxyl groups is 1. The lowest BCUT2D eigenvalue weighted by molar-refractivity contribution is -0.140. The normalized spacial score (nSPS) is 16.8. The van der Waals surface area contributed by atoms with E-state index in [0.29, 0.717) is 43.7 Å². The van der Waals surface area contributed by atoms with Crippen molar-refractivity contribution in [2.24, 2.45) is 5.92 Å². The molecule has 4 rings (SSSR count). The van der Waals surface area contributed by atoms with Crippen molar-refractivity contribution in [3.05, 3.63) is 101 Å². The third-order valence-electron chi connectivity index (χ3n) is 8.47. The summed E-state index contributed by atoms with van der Waals surface area (Å²) in [5.41, 5.74) is 2.31. The number of likely N-dealkylation sites (tertiary alicyclic amines) is 1. The van der Waals surface area contributed by atoms with Crippen LogP contribution >= 0.6 is 0 Å². The molecule has 0 saturated carbocycles. The zero-order valence-electron chi connectivity index (χ0n) is 26.2. The molecule has 2 amide bonds. The third-order valence-corrected chi connectivity index (χ3v) is 8.47. The second kappa shape index (κ2) is 17.0. The van der Waals surface area contributed by atoms with Crippen molar-refractivity contribution in [1.82, 2.24) is 15.5 Å². The van der Waals surface area contributed by atoms with Gasteiger partial charge in [0.25, 0.3) is 0 Å². The molecule has 1 aliphatic rings. The van der Waals surface area contributed by atoms with E-state index in [2.05, 4.69) is 17.6 Å². The maximum atomic E-state index is 14.1. The largest absolute Gasteiger partial charge is 0.497 e. The molecule has 0 aromatic heterocycles. The van der Waals surface area contributed by atoms with E-state index >= 15 is 0 Å². The molecular weight excluding hydrogens is 576 g/mol. The van der Waals surface area contributed by atoms with Gasteiger partial charge in [-0.2, -0.15) is 0 Å². The molecule has 7 nitrogen and oxygen atoms in total. The fourth-order valence-electron chi connectivity index (χ4n) is 6.00. The van der Waals surface area contributed by atoms with Crippen LogP contribution in [0.4, 0.5) is 8.78 Å². The Bertz CT molecular complexity index is 1370. The highest BCUT2D eigenvalue weighted by atomic mass is 19.1. The lowest BCUT2D eigenvalue weighted by atomic mass is 9.98. The maximum absolute atomic E-state index is 14.1. The Hall–Kier alpha value is -3.82. The van der Waals surface area contributed by atoms with Crippen LogP contribution in [0.25, 0.3) is 0 Å². The number of halogens is 2. The monoisotopic (exact) mass is 621 g/mol. The molecule has 1 fully saturated rings. The number of carbonyl (C=O) groups excluding carboxylic acids is 2. The SMILES string of the molecule is CCCC[C@H]1CCN([C@@H](CCc2ccccc2)C(=O)N[C@@H](Cc2cc(F)cc(F)c2)[C@H](O)CNCc2cccc(OC)c2)C1=O. The molecular formula is C36H45F2N3O4. The Labute approximate surface area is 265 Å². The van der Waals surface area contributed by atoms with Gasteiger partial charge in [0.2, 0.25) is 11.8 Å². The number of amides is 2. The Morgan fingerprint density at radius 1 is 1.02 bits per heavy atom. The zero-order chi connectivity index (χ0) is 32.2. The fraction of sp³-hybridized carbons (Fsp3) is 0.444. The summed E-state index contributed by atoms with van der Waals surface area (Å²) >= 11 is 0. The van der Waals surface area contributed by atoms with E-state index in [-0.39, 0.29) is 30.7 Å². The predicted molar refractivity (Wildman–Crippen MR) is 171 cm³/mol. The van der Waals surface area contributed by atoms with E-state index in [1.54, 1.807) is 12.0 Å². The molecule has 45 heavy (non-hydrogen) atoms. The first-order valence-corrected chi connectivity index (χ1v) is 15.9. The molecule has 0 aliphatic carbocycles. The molecule has 0 radical (unpaired) electrons. The van der Waals surface area contributed by atoms with E-state index in [4.69, 9.17) is 4.74 Å². The minimum absolute atomic E-state index is 0.000896. The van der Waals surface area contributed by atoms with Gasteiger partial charge in [-0.1, -0.05) is 62.2 Å². The first kappa shape index (κ1) is 34.1. The van der Waals surface area contributed by atoms with Gasteiger partial charge >= 0.3 is 0 Å². The number of aryl methyl sites for hydroxylation is 1. The second-order valence-corrected chi connectivity index (χ2v) is 11.8. The standard InChI is InChI=1S/C36H45F2N3O4/c1-3-4-12-28-16-17-41(36(28)44)33(15-14-25-9-6-5-7-10-25)35(43)40-32(21-27-18-29(37)22-30(38)19-27)34(42)24-39-23-26-11-8-13-31(20-26)45-2/h5-11,13,18-20,22,28,32-34,39,42H,3-4,12,14-17,21,23-24H2,1-2H3,(H,40,43)/t28-,32-,33-,34+/m0/s1. The molecule has 0 spiro atoms. The molecule has 242 valence electrons. The smallest absolute Gasteiger partial charge is 0.243 e. The summed E-state index contributed by atoms with van der Waals surface area (Å²) in [5, 5.41) is 17.5. The van der Waals surface area contributed by atoms with Crippen molar-refractivity contribution in [2.45, 2.75) is 76.6 Å². The average molecular weight is 622 g/mol. The fourth-order valence-corrected chi connectivity index (χ4v) is 6.00. The highest BCUT2D eigenvalue weighted by Gasteiger charge is 2.39. The van der Waals surface area contributed by atoms with Gasteiger partial charge in [-0.05, 0) is 73.1 Å². The summed E-state index contributed by atoms with van der Waals surface area (Å²) in [6.07, 6.45) is 3.36. The quantitative estimate of drug-likeness (QED) is 0.193. The predicted octanol–water partition coefficient (Wildman–Crippen LogP) is 5.19. The first-order valence-electron chi connectivity index (χ1n) is 15.9. The van der Waals surface area contributed by atoms with Gasteiger partial charge < -0.3 is 25.4 Å². The van der Waals surface area contributed by atoms with Gasteiger partial charge in [0.05, 0.1) is 19.3 Å². The van der Waals surface area contributed by atoms with Gasteiger partial charge in [-0.3, -0.25) is 9.59 Å². The molecule has 0 unspecified atom stereocenters. The molecule has 4 atom stereocenters. The minimum Gasteiger partial charge on any atom is -0.497 e. The Morgan fingerprint density at radius 3 is 2.47 bits per heavy atom. The first-order chi connectivity index (χ1) is 21.8. The Balaban J connectivity index is 1.52. The van der Waals surface area contributed by atoms with Crippen LogP contribution in [0.15, 0.2) is 72.8 Å². The summed E-state index contributed by atoms with van der Waals surface area (Å²) in [5.74, 6) is -1.26. The lowest BCUT2D eigenvalue weighted by Gasteiger charge is -2.31. The van der Waals surface area contributed by atoms with Gasteiger partial charge in [-0.25, -0.2) is 8.78 Å². The highest BCUT2D eigenvalue weighted by Crippen LogP contribution is 2.27. The van der Waals surface area contributed by atoms with Crippen LogP contribution in [0.3, 0.4) is 0 Å². The number of hydrogen-bond donors (Lipinski definition) is 3. The van der Waals surface area contributed by atoms with E-state index in [1.165, 1.54) is 12.1 Å². The van der Waals surface area contributed by atoms with Gasteiger partial charge in [0.1, 0.15) is 23.4 Å². The molecule has 1 heterocycles. The number of methoxy groups -OCH3 is 1. The van der Waals surface area contributed by atoms with Crippen molar-refractivity contribution in [2.75, 3.05) is 20.2 Å². The van der Waals surface area contributed by atoms with Gasteiger partial charge in [0, 0.05) is 31.6 Å². The number of ether oxygens (including phenoxy) is 1. The van der Waals surface area contributed by atoms with Gasteiger partial charge in [-0.15, -0.1) is 0 Å². The summed E-state index contributed by atoms with van der Waals surface area (Å²) in [7, 11) is 1.59. The molecule has 1 saturated heterocycles. The highest BCUT2D eigenvalue weighted by molar-refractivity contribution is 5.89. The maximum Gasteiger partial charge on any atom is 0.243 e. The summed E-state index contributed by atoms with van der Waals surface area (Å²) < 4.78 is 33.5. The van der Waals surface area contributed by atoms with Crippen LogP contribution in [0, 0.1) is 17.6 Å². The lowest BCUT2D eigenvalue weighted by Crippen LogP contribution is -2.55.